The molecular weight excluding hydrogens is 194 g/mol. The van der Waals surface area contributed by atoms with Gasteiger partial charge in [0, 0.05) is 5.54 Å². The monoisotopic (exact) mass is 223 g/mol. The second-order valence-electron chi connectivity index (χ2n) is 5.98. The summed E-state index contributed by atoms with van der Waals surface area (Å²) < 4.78 is 0. The molecule has 1 aliphatic carbocycles. The van der Waals surface area contributed by atoms with Gasteiger partial charge in [0.1, 0.15) is 0 Å². The van der Waals surface area contributed by atoms with Gasteiger partial charge in [-0.05, 0) is 44.6 Å². The quantitative estimate of drug-likeness (QED) is 0.753. The van der Waals surface area contributed by atoms with Crippen LogP contribution in [0.2, 0.25) is 0 Å². The molecule has 0 aromatic heterocycles. The molecule has 2 aliphatic rings. The Hall–Kier alpha value is -0.0400. The van der Waals surface area contributed by atoms with E-state index in [1.54, 1.807) is 0 Å². The number of rotatable bonds is 3. The molecule has 0 spiro atoms. The van der Waals surface area contributed by atoms with E-state index in [1.165, 1.54) is 77.2 Å². The molecule has 0 bridgehead atoms. The maximum Gasteiger partial charge on any atom is 0.0209 e. The lowest BCUT2D eigenvalue weighted by molar-refractivity contribution is 0.141. The zero-order chi connectivity index (χ0) is 11.3. The molecule has 1 saturated carbocycles. The van der Waals surface area contributed by atoms with Crippen LogP contribution < -0.4 is 5.32 Å². The van der Waals surface area contributed by atoms with Crippen molar-refractivity contribution in [3.05, 3.63) is 0 Å². The first-order valence-electron chi connectivity index (χ1n) is 7.62. The zero-order valence-corrected chi connectivity index (χ0v) is 11.1. The fourth-order valence-electron chi connectivity index (χ4n) is 4.04. The number of hydrogen-bond acceptors (Lipinski definition) is 1. The largest absolute Gasteiger partial charge is 0.311 e. The Morgan fingerprint density at radius 2 is 1.75 bits per heavy atom. The van der Waals surface area contributed by atoms with Crippen molar-refractivity contribution in [1.82, 2.24) is 5.32 Å². The second kappa shape index (κ2) is 6.05. The van der Waals surface area contributed by atoms with Crippen LogP contribution in [0.3, 0.4) is 0 Å². The minimum Gasteiger partial charge on any atom is -0.311 e. The van der Waals surface area contributed by atoms with Gasteiger partial charge in [0.2, 0.25) is 0 Å². The smallest absolute Gasteiger partial charge is 0.0209 e. The maximum absolute atomic E-state index is 3.97. The van der Waals surface area contributed by atoms with Crippen LogP contribution in [0.5, 0.6) is 0 Å². The molecule has 2 fully saturated rings. The Morgan fingerprint density at radius 1 is 1.00 bits per heavy atom. The third-order valence-electron chi connectivity index (χ3n) is 4.86. The van der Waals surface area contributed by atoms with Crippen molar-refractivity contribution in [3.63, 3.8) is 0 Å². The third kappa shape index (κ3) is 2.80. The van der Waals surface area contributed by atoms with E-state index in [-0.39, 0.29) is 0 Å². The maximum atomic E-state index is 3.97. The van der Waals surface area contributed by atoms with Crippen LogP contribution in [0.25, 0.3) is 0 Å². The molecule has 0 radical (unpaired) electrons. The Balaban J connectivity index is 2.04. The van der Waals surface area contributed by atoms with Gasteiger partial charge in [0.05, 0.1) is 0 Å². The first-order valence-corrected chi connectivity index (χ1v) is 7.62. The average molecular weight is 223 g/mol. The fraction of sp³-hybridized carbons (Fsp3) is 1.00. The molecule has 1 aliphatic heterocycles. The summed E-state index contributed by atoms with van der Waals surface area (Å²) in [5.41, 5.74) is 0.533. The lowest BCUT2D eigenvalue weighted by Gasteiger charge is -2.43. The van der Waals surface area contributed by atoms with Crippen molar-refractivity contribution < 1.29 is 0 Å². The topological polar surface area (TPSA) is 12.0 Å². The van der Waals surface area contributed by atoms with Crippen molar-refractivity contribution in [3.8, 4) is 0 Å². The Kier molecular flexibility index (Phi) is 4.69. The molecule has 0 aromatic rings. The van der Waals surface area contributed by atoms with E-state index < -0.39 is 0 Å². The molecule has 1 N–H and O–H groups in total. The van der Waals surface area contributed by atoms with E-state index in [2.05, 4.69) is 12.2 Å². The highest BCUT2D eigenvalue weighted by atomic mass is 15.0. The SMILES string of the molecule is CCCC1(C2CCCCC2)CCCCCN1. The molecule has 16 heavy (non-hydrogen) atoms. The van der Waals surface area contributed by atoms with Crippen molar-refractivity contribution in [2.45, 2.75) is 83.1 Å². The molecule has 0 amide bonds. The van der Waals surface area contributed by atoms with Crippen LogP contribution in [0, 0.1) is 5.92 Å². The van der Waals surface area contributed by atoms with Crippen molar-refractivity contribution in [1.29, 1.82) is 0 Å². The molecule has 1 heterocycles. The van der Waals surface area contributed by atoms with Crippen molar-refractivity contribution >= 4 is 0 Å². The van der Waals surface area contributed by atoms with Gasteiger partial charge < -0.3 is 5.32 Å². The number of nitrogens with one attached hydrogen (secondary N) is 1. The molecular formula is C15H29N. The standard InChI is InChI=1S/C15H29N/c1-2-11-15(12-7-4-8-13-16-15)14-9-5-3-6-10-14/h14,16H,2-13H2,1H3. The predicted octanol–water partition coefficient (Wildman–Crippen LogP) is 4.27. The van der Waals surface area contributed by atoms with Gasteiger partial charge in [-0.2, -0.15) is 0 Å². The summed E-state index contributed by atoms with van der Waals surface area (Å²) in [5.74, 6) is 0.985. The van der Waals surface area contributed by atoms with Gasteiger partial charge in [-0.15, -0.1) is 0 Å². The first-order chi connectivity index (χ1) is 7.87. The summed E-state index contributed by atoms with van der Waals surface area (Å²) in [5, 5.41) is 3.97. The summed E-state index contributed by atoms with van der Waals surface area (Å²) >= 11 is 0. The van der Waals surface area contributed by atoms with Gasteiger partial charge in [0.15, 0.2) is 0 Å². The first kappa shape index (κ1) is 12.4. The van der Waals surface area contributed by atoms with E-state index in [0.29, 0.717) is 5.54 Å². The van der Waals surface area contributed by atoms with Crippen LogP contribution in [0.4, 0.5) is 0 Å². The average Bonchev–Trinajstić information content (AvgIpc) is 2.57. The summed E-state index contributed by atoms with van der Waals surface area (Å²) in [6.07, 6.45) is 16.0. The van der Waals surface area contributed by atoms with Gasteiger partial charge in [-0.25, -0.2) is 0 Å². The molecule has 1 nitrogen and oxygen atoms in total. The molecule has 94 valence electrons. The molecule has 1 saturated heterocycles. The van der Waals surface area contributed by atoms with Crippen LogP contribution in [0.1, 0.15) is 77.6 Å². The highest BCUT2D eigenvalue weighted by molar-refractivity contribution is 4.96. The summed E-state index contributed by atoms with van der Waals surface area (Å²) in [7, 11) is 0. The van der Waals surface area contributed by atoms with Crippen molar-refractivity contribution in [2.24, 2.45) is 5.92 Å². The van der Waals surface area contributed by atoms with E-state index in [4.69, 9.17) is 0 Å². The van der Waals surface area contributed by atoms with Gasteiger partial charge >= 0.3 is 0 Å². The van der Waals surface area contributed by atoms with Crippen LogP contribution in [0.15, 0.2) is 0 Å². The van der Waals surface area contributed by atoms with Crippen LogP contribution in [-0.4, -0.2) is 12.1 Å². The number of hydrogen-bond donors (Lipinski definition) is 1. The molecule has 1 heteroatoms. The summed E-state index contributed by atoms with van der Waals surface area (Å²) in [4.78, 5) is 0. The Labute approximate surface area is 101 Å². The van der Waals surface area contributed by atoms with Crippen LogP contribution >= 0.6 is 0 Å². The minimum atomic E-state index is 0.533. The Bertz CT molecular complexity index is 186. The van der Waals surface area contributed by atoms with Gasteiger partial charge in [-0.3, -0.25) is 0 Å². The summed E-state index contributed by atoms with van der Waals surface area (Å²) in [6.45, 7) is 3.63. The van der Waals surface area contributed by atoms with Crippen LogP contribution in [-0.2, 0) is 0 Å². The predicted molar refractivity (Wildman–Crippen MR) is 70.7 cm³/mol. The van der Waals surface area contributed by atoms with Gasteiger partial charge in [-0.1, -0.05) is 45.4 Å². The molecule has 0 aromatic carbocycles. The second-order valence-corrected chi connectivity index (χ2v) is 5.98. The molecule has 1 unspecified atom stereocenters. The molecule has 1 atom stereocenters. The fourth-order valence-corrected chi connectivity index (χ4v) is 4.04. The molecule has 2 rings (SSSR count). The highest BCUT2D eigenvalue weighted by Crippen LogP contribution is 2.39. The normalized spacial score (nSPS) is 33.6. The van der Waals surface area contributed by atoms with E-state index in [0.717, 1.165) is 5.92 Å². The zero-order valence-electron chi connectivity index (χ0n) is 11.1. The third-order valence-corrected chi connectivity index (χ3v) is 4.86. The summed E-state index contributed by atoms with van der Waals surface area (Å²) in [6, 6.07) is 0. The Morgan fingerprint density at radius 3 is 2.50 bits per heavy atom. The highest BCUT2D eigenvalue weighted by Gasteiger charge is 2.37. The van der Waals surface area contributed by atoms with E-state index >= 15 is 0 Å². The van der Waals surface area contributed by atoms with Crippen molar-refractivity contribution in [2.75, 3.05) is 6.54 Å². The lowest BCUT2D eigenvalue weighted by Crippen LogP contribution is -2.51. The van der Waals surface area contributed by atoms with E-state index in [9.17, 15) is 0 Å². The van der Waals surface area contributed by atoms with E-state index in [1.807, 2.05) is 0 Å². The van der Waals surface area contributed by atoms with Gasteiger partial charge in [0.25, 0.3) is 0 Å². The minimum absolute atomic E-state index is 0.533. The lowest BCUT2D eigenvalue weighted by atomic mass is 9.70.